The monoisotopic (exact) mass is 312 g/mol. The highest BCUT2D eigenvalue weighted by Gasteiger charge is 2.08. The molecule has 0 unspecified atom stereocenters. The van der Waals surface area contributed by atoms with Crippen molar-refractivity contribution in [3.8, 4) is 0 Å². The zero-order chi connectivity index (χ0) is 14.7. The van der Waals surface area contributed by atoms with Crippen molar-refractivity contribution in [1.29, 1.82) is 0 Å². The maximum atomic E-state index is 11.8. The van der Waals surface area contributed by atoms with Crippen molar-refractivity contribution in [3.05, 3.63) is 45.6 Å². The summed E-state index contributed by atoms with van der Waals surface area (Å²) in [5.41, 5.74) is 7.38. The van der Waals surface area contributed by atoms with Crippen molar-refractivity contribution in [2.75, 3.05) is 5.73 Å². The number of benzene rings is 1. The van der Waals surface area contributed by atoms with Gasteiger partial charge in [-0.3, -0.25) is 9.48 Å². The number of amides is 1. The summed E-state index contributed by atoms with van der Waals surface area (Å²) >= 11 is 11.7. The van der Waals surface area contributed by atoms with Crippen LogP contribution in [0.15, 0.2) is 24.4 Å². The SMILES string of the molecule is Cn1ncc(CNC(=O)Cc2ccc(Cl)c(Cl)c2)c1N. The number of halogens is 2. The van der Waals surface area contributed by atoms with Gasteiger partial charge in [0.2, 0.25) is 5.91 Å². The summed E-state index contributed by atoms with van der Waals surface area (Å²) in [6.45, 7) is 0.347. The van der Waals surface area contributed by atoms with Crippen LogP contribution in [0.3, 0.4) is 0 Å². The van der Waals surface area contributed by atoms with Gasteiger partial charge in [0.1, 0.15) is 5.82 Å². The maximum Gasteiger partial charge on any atom is 0.224 e. The summed E-state index contributed by atoms with van der Waals surface area (Å²) in [6, 6.07) is 5.12. The molecule has 5 nitrogen and oxygen atoms in total. The number of rotatable bonds is 4. The molecule has 0 aliphatic rings. The summed E-state index contributed by atoms with van der Waals surface area (Å²) < 4.78 is 1.56. The van der Waals surface area contributed by atoms with Crippen molar-refractivity contribution >= 4 is 34.9 Å². The number of nitrogen functional groups attached to an aromatic ring is 1. The molecular formula is C13H14Cl2N4O. The van der Waals surface area contributed by atoms with Crippen LogP contribution in [0.25, 0.3) is 0 Å². The van der Waals surface area contributed by atoms with Gasteiger partial charge in [0.05, 0.1) is 22.7 Å². The van der Waals surface area contributed by atoms with Gasteiger partial charge >= 0.3 is 0 Å². The summed E-state index contributed by atoms with van der Waals surface area (Å²) in [5.74, 6) is 0.423. The number of nitrogens with zero attached hydrogens (tertiary/aromatic N) is 2. The van der Waals surface area contributed by atoms with Crippen LogP contribution in [0.1, 0.15) is 11.1 Å². The molecule has 1 amide bonds. The fourth-order valence-electron chi connectivity index (χ4n) is 1.72. The number of anilines is 1. The van der Waals surface area contributed by atoms with E-state index in [1.807, 2.05) is 0 Å². The van der Waals surface area contributed by atoms with E-state index in [4.69, 9.17) is 28.9 Å². The minimum absolute atomic E-state index is 0.119. The van der Waals surface area contributed by atoms with E-state index in [9.17, 15) is 4.79 Å². The van der Waals surface area contributed by atoms with E-state index in [0.29, 0.717) is 22.4 Å². The molecule has 0 radical (unpaired) electrons. The Kier molecular flexibility index (Phi) is 4.52. The van der Waals surface area contributed by atoms with Crippen LogP contribution in [-0.4, -0.2) is 15.7 Å². The van der Waals surface area contributed by atoms with Crippen LogP contribution in [0.4, 0.5) is 5.82 Å². The van der Waals surface area contributed by atoms with Crippen LogP contribution >= 0.6 is 23.2 Å². The Hall–Kier alpha value is -1.72. The first kappa shape index (κ1) is 14.7. The van der Waals surface area contributed by atoms with E-state index < -0.39 is 0 Å². The predicted octanol–water partition coefficient (Wildman–Crippen LogP) is 2.17. The molecule has 2 rings (SSSR count). The summed E-state index contributed by atoms with van der Waals surface area (Å²) in [7, 11) is 1.75. The summed E-state index contributed by atoms with van der Waals surface area (Å²) in [5, 5.41) is 7.70. The Morgan fingerprint density at radius 1 is 1.40 bits per heavy atom. The Labute approximate surface area is 126 Å². The van der Waals surface area contributed by atoms with Crippen molar-refractivity contribution in [1.82, 2.24) is 15.1 Å². The van der Waals surface area contributed by atoms with Gasteiger partial charge in [-0.25, -0.2) is 0 Å². The summed E-state index contributed by atoms with van der Waals surface area (Å²) in [4.78, 5) is 11.8. The number of aryl methyl sites for hydroxylation is 1. The molecule has 0 fully saturated rings. The van der Waals surface area contributed by atoms with E-state index in [-0.39, 0.29) is 12.3 Å². The van der Waals surface area contributed by atoms with Gasteiger partial charge in [-0.2, -0.15) is 5.10 Å². The number of carbonyl (C=O) groups is 1. The van der Waals surface area contributed by atoms with Crippen LogP contribution in [-0.2, 0) is 24.8 Å². The van der Waals surface area contributed by atoms with Crippen LogP contribution in [0, 0.1) is 0 Å². The molecule has 1 aromatic carbocycles. The van der Waals surface area contributed by atoms with Gasteiger partial charge in [-0.15, -0.1) is 0 Å². The standard InChI is InChI=1S/C13H14Cl2N4O/c1-19-13(16)9(7-18-19)6-17-12(20)5-8-2-3-10(14)11(15)4-8/h2-4,7H,5-6,16H2,1H3,(H,17,20). The Balaban J connectivity index is 1.92. The van der Waals surface area contributed by atoms with Crippen LogP contribution < -0.4 is 11.1 Å². The minimum atomic E-state index is -0.119. The second kappa shape index (κ2) is 6.15. The number of nitrogens with one attached hydrogen (secondary N) is 1. The third-order valence-corrected chi connectivity index (χ3v) is 3.63. The molecule has 0 aliphatic heterocycles. The van der Waals surface area contributed by atoms with E-state index in [1.54, 1.807) is 36.1 Å². The molecule has 7 heteroatoms. The molecule has 0 saturated heterocycles. The molecule has 0 spiro atoms. The lowest BCUT2D eigenvalue weighted by Crippen LogP contribution is -2.24. The average molecular weight is 313 g/mol. The van der Waals surface area contributed by atoms with Gasteiger partial charge in [-0.1, -0.05) is 29.3 Å². The molecule has 2 aromatic rings. The molecule has 0 atom stereocenters. The Morgan fingerprint density at radius 3 is 2.75 bits per heavy atom. The van der Waals surface area contributed by atoms with Crippen molar-refractivity contribution in [3.63, 3.8) is 0 Å². The average Bonchev–Trinajstić information content (AvgIpc) is 2.72. The fourth-order valence-corrected chi connectivity index (χ4v) is 2.04. The van der Waals surface area contributed by atoms with Crippen LogP contribution in [0.2, 0.25) is 10.0 Å². The van der Waals surface area contributed by atoms with E-state index in [1.165, 1.54) is 0 Å². The van der Waals surface area contributed by atoms with Gasteiger partial charge in [0.15, 0.2) is 0 Å². The highest BCUT2D eigenvalue weighted by atomic mass is 35.5. The van der Waals surface area contributed by atoms with Gasteiger partial charge in [0, 0.05) is 19.2 Å². The predicted molar refractivity (Wildman–Crippen MR) is 79.6 cm³/mol. The van der Waals surface area contributed by atoms with Crippen molar-refractivity contribution in [2.45, 2.75) is 13.0 Å². The second-order valence-corrected chi connectivity index (χ2v) is 5.20. The Bertz CT molecular complexity index is 639. The number of nitrogens with two attached hydrogens (primary N) is 1. The molecule has 106 valence electrons. The topological polar surface area (TPSA) is 72.9 Å². The Morgan fingerprint density at radius 2 is 2.15 bits per heavy atom. The largest absolute Gasteiger partial charge is 0.384 e. The first-order valence-electron chi connectivity index (χ1n) is 5.94. The first-order valence-corrected chi connectivity index (χ1v) is 6.70. The van der Waals surface area contributed by atoms with Gasteiger partial charge in [0.25, 0.3) is 0 Å². The lowest BCUT2D eigenvalue weighted by atomic mass is 10.1. The molecule has 1 aromatic heterocycles. The quantitative estimate of drug-likeness (QED) is 0.908. The van der Waals surface area contributed by atoms with Gasteiger partial charge < -0.3 is 11.1 Å². The van der Waals surface area contributed by atoms with Crippen molar-refractivity contribution < 1.29 is 4.79 Å². The maximum absolute atomic E-state index is 11.8. The molecule has 0 aliphatic carbocycles. The van der Waals surface area contributed by atoms with Crippen molar-refractivity contribution in [2.24, 2.45) is 7.05 Å². The number of carbonyl (C=O) groups excluding carboxylic acids is 1. The third-order valence-electron chi connectivity index (χ3n) is 2.89. The van der Waals surface area contributed by atoms with Gasteiger partial charge in [-0.05, 0) is 17.7 Å². The van der Waals surface area contributed by atoms with Crippen LogP contribution in [0.5, 0.6) is 0 Å². The molecule has 0 saturated carbocycles. The minimum Gasteiger partial charge on any atom is -0.384 e. The zero-order valence-corrected chi connectivity index (χ0v) is 12.4. The lowest BCUT2D eigenvalue weighted by molar-refractivity contribution is -0.120. The molecule has 20 heavy (non-hydrogen) atoms. The third kappa shape index (κ3) is 3.43. The second-order valence-electron chi connectivity index (χ2n) is 4.38. The van der Waals surface area contributed by atoms with E-state index in [2.05, 4.69) is 10.4 Å². The number of hydrogen-bond donors (Lipinski definition) is 2. The summed E-state index contributed by atoms with van der Waals surface area (Å²) in [6.07, 6.45) is 1.87. The fraction of sp³-hybridized carbons (Fsp3) is 0.231. The van der Waals surface area contributed by atoms with E-state index >= 15 is 0 Å². The zero-order valence-electron chi connectivity index (χ0n) is 10.9. The number of aromatic nitrogens is 2. The first-order chi connectivity index (χ1) is 9.47. The molecule has 1 heterocycles. The smallest absolute Gasteiger partial charge is 0.224 e. The highest BCUT2D eigenvalue weighted by molar-refractivity contribution is 6.42. The normalized spacial score (nSPS) is 10.6. The molecule has 0 bridgehead atoms. The lowest BCUT2D eigenvalue weighted by Gasteiger charge is -2.06. The number of hydrogen-bond acceptors (Lipinski definition) is 3. The van der Waals surface area contributed by atoms with E-state index in [0.717, 1.165) is 11.1 Å². The molecular weight excluding hydrogens is 299 g/mol. The highest BCUT2D eigenvalue weighted by Crippen LogP contribution is 2.22. The molecule has 3 N–H and O–H groups in total.